The molecule has 35 heavy (non-hydrogen) atoms. The number of aromatic nitrogens is 3. The van der Waals surface area contributed by atoms with Gasteiger partial charge in [0.25, 0.3) is 0 Å². The Morgan fingerprint density at radius 2 is 1.46 bits per heavy atom. The van der Waals surface area contributed by atoms with Crippen molar-refractivity contribution < 1.29 is 29.0 Å². The first kappa shape index (κ1) is 26.7. The van der Waals surface area contributed by atoms with Gasteiger partial charge < -0.3 is 19.9 Å². The molecular weight excluding hydrogens is 512 g/mol. The highest BCUT2D eigenvalue weighted by atomic mass is 32.1. The van der Waals surface area contributed by atoms with Gasteiger partial charge in [-0.2, -0.15) is 0 Å². The van der Waals surface area contributed by atoms with Gasteiger partial charge >= 0.3 is 18.0 Å². The second-order valence-electron chi connectivity index (χ2n) is 9.44. The first-order valence-corrected chi connectivity index (χ1v) is 13.2. The number of hydrogen-bond donors (Lipinski definition) is 2. The Bertz CT molecular complexity index is 1220. The van der Waals surface area contributed by atoms with Gasteiger partial charge in [0.15, 0.2) is 5.69 Å². The molecule has 0 fully saturated rings. The molecule has 0 aliphatic heterocycles. The van der Waals surface area contributed by atoms with E-state index >= 15 is 0 Å². The summed E-state index contributed by atoms with van der Waals surface area (Å²) >= 11 is 3.88. The topological polar surface area (TPSA) is 141 Å². The molecule has 0 bridgehead atoms. The quantitative estimate of drug-likeness (QED) is 0.403. The Balaban J connectivity index is 1.76. The minimum absolute atomic E-state index is 0.0267. The molecule has 3 aromatic heterocycles. The molecule has 1 atom stereocenters. The van der Waals surface area contributed by atoms with Crippen LogP contribution in [0.2, 0.25) is 0 Å². The van der Waals surface area contributed by atoms with Gasteiger partial charge in [0.1, 0.15) is 38.6 Å². The van der Waals surface area contributed by atoms with E-state index in [9.17, 15) is 14.4 Å². The first-order chi connectivity index (χ1) is 16.2. The fraction of sp³-hybridized carbons (Fsp3) is 0.455. The molecule has 1 unspecified atom stereocenters. The van der Waals surface area contributed by atoms with Gasteiger partial charge in [0.05, 0.1) is 5.01 Å². The summed E-state index contributed by atoms with van der Waals surface area (Å²) in [7, 11) is 0. The van der Waals surface area contributed by atoms with Crippen molar-refractivity contribution in [2.24, 2.45) is 0 Å². The van der Waals surface area contributed by atoms with Crippen LogP contribution in [0.1, 0.15) is 57.0 Å². The number of ether oxygens (including phenoxy) is 2. The van der Waals surface area contributed by atoms with Crippen molar-refractivity contribution in [3.8, 4) is 21.4 Å². The predicted octanol–water partition coefficient (Wildman–Crippen LogP) is 4.87. The van der Waals surface area contributed by atoms with Crippen LogP contribution < -0.4 is 5.32 Å². The zero-order chi connectivity index (χ0) is 26.0. The second-order valence-corrected chi connectivity index (χ2v) is 12.1. The SMILES string of the molecule is CC(C)(C)OC(=O)NC(Cc1nc(-c2nc(-c3nc(C(=O)O)cs3)cs2)cs1)C(=O)OC(C)(C)C. The summed E-state index contributed by atoms with van der Waals surface area (Å²) in [6.45, 7) is 10.5. The van der Waals surface area contributed by atoms with Crippen LogP contribution in [0.25, 0.3) is 21.4 Å². The first-order valence-electron chi connectivity index (χ1n) is 10.5. The van der Waals surface area contributed by atoms with Crippen molar-refractivity contribution in [3.05, 3.63) is 26.8 Å². The van der Waals surface area contributed by atoms with E-state index in [0.29, 0.717) is 26.4 Å². The number of esters is 1. The number of carboxylic acids is 1. The molecule has 2 N–H and O–H groups in total. The number of thiazole rings is 3. The number of aromatic carboxylic acids is 1. The van der Waals surface area contributed by atoms with E-state index in [2.05, 4.69) is 20.3 Å². The third kappa shape index (κ3) is 7.80. The summed E-state index contributed by atoms with van der Waals surface area (Å²) in [4.78, 5) is 49.4. The highest BCUT2D eigenvalue weighted by Crippen LogP contribution is 2.31. The van der Waals surface area contributed by atoms with Crippen molar-refractivity contribution in [1.29, 1.82) is 0 Å². The number of nitrogens with one attached hydrogen (secondary N) is 1. The number of carbonyl (C=O) groups is 3. The van der Waals surface area contributed by atoms with Gasteiger partial charge in [-0.3, -0.25) is 0 Å². The van der Waals surface area contributed by atoms with E-state index < -0.39 is 35.3 Å². The number of rotatable bonds is 7. The van der Waals surface area contributed by atoms with Crippen LogP contribution in [0, 0.1) is 0 Å². The smallest absolute Gasteiger partial charge is 0.408 e. The highest BCUT2D eigenvalue weighted by Gasteiger charge is 2.30. The van der Waals surface area contributed by atoms with E-state index in [1.165, 1.54) is 39.4 Å². The Hall–Kier alpha value is -2.90. The summed E-state index contributed by atoms with van der Waals surface area (Å²) in [6, 6.07) is -0.986. The summed E-state index contributed by atoms with van der Waals surface area (Å²) in [5.41, 5.74) is -0.303. The molecule has 0 radical (unpaired) electrons. The Morgan fingerprint density at radius 1 is 0.886 bits per heavy atom. The van der Waals surface area contributed by atoms with Crippen molar-refractivity contribution in [3.63, 3.8) is 0 Å². The maximum atomic E-state index is 12.8. The summed E-state index contributed by atoms with van der Waals surface area (Å²) < 4.78 is 10.8. The van der Waals surface area contributed by atoms with E-state index in [-0.39, 0.29) is 12.1 Å². The van der Waals surface area contributed by atoms with E-state index in [1.54, 1.807) is 46.9 Å². The highest BCUT2D eigenvalue weighted by molar-refractivity contribution is 7.16. The molecule has 0 aliphatic rings. The van der Waals surface area contributed by atoms with Gasteiger partial charge in [-0.05, 0) is 41.5 Å². The lowest BCUT2D eigenvalue weighted by atomic mass is 10.1. The number of carboxylic acid groups (broad SMARTS) is 1. The zero-order valence-electron chi connectivity index (χ0n) is 20.1. The zero-order valence-corrected chi connectivity index (χ0v) is 22.5. The molecule has 0 aliphatic carbocycles. The normalized spacial score (nSPS) is 12.7. The maximum Gasteiger partial charge on any atom is 0.408 e. The summed E-state index contributed by atoms with van der Waals surface area (Å²) in [5, 5.41) is 18.5. The predicted molar refractivity (Wildman–Crippen MR) is 134 cm³/mol. The monoisotopic (exact) mass is 538 g/mol. The maximum absolute atomic E-state index is 12.8. The van der Waals surface area contributed by atoms with Crippen molar-refractivity contribution in [2.75, 3.05) is 0 Å². The Morgan fingerprint density at radius 3 is 2.06 bits per heavy atom. The molecule has 13 heteroatoms. The van der Waals surface area contributed by atoms with Gasteiger partial charge in [0.2, 0.25) is 0 Å². The van der Waals surface area contributed by atoms with Crippen LogP contribution >= 0.6 is 34.0 Å². The molecule has 0 aromatic carbocycles. The summed E-state index contributed by atoms with van der Waals surface area (Å²) in [5.74, 6) is -1.68. The van der Waals surface area contributed by atoms with E-state index in [0.717, 1.165) is 0 Å². The Kier molecular flexibility index (Phi) is 7.92. The molecular formula is C22H26N4O6S3. The summed E-state index contributed by atoms with van der Waals surface area (Å²) in [6.07, 6.45) is -0.607. The van der Waals surface area contributed by atoms with Crippen LogP contribution in [0.5, 0.6) is 0 Å². The average Bonchev–Trinajstić information content (AvgIpc) is 3.44. The molecule has 3 rings (SSSR count). The minimum atomic E-state index is -1.09. The molecule has 3 aromatic rings. The molecule has 0 saturated heterocycles. The lowest BCUT2D eigenvalue weighted by molar-refractivity contribution is -0.157. The molecule has 0 saturated carbocycles. The van der Waals surface area contributed by atoms with Crippen molar-refractivity contribution in [1.82, 2.24) is 20.3 Å². The van der Waals surface area contributed by atoms with Crippen LogP contribution in [0.15, 0.2) is 16.1 Å². The minimum Gasteiger partial charge on any atom is -0.476 e. The second kappa shape index (κ2) is 10.4. The van der Waals surface area contributed by atoms with Gasteiger partial charge in [-0.15, -0.1) is 34.0 Å². The molecule has 188 valence electrons. The van der Waals surface area contributed by atoms with Crippen LogP contribution in [0.3, 0.4) is 0 Å². The van der Waals surface area contributed by atoms with Crippen LogP contribution in [-0.4, -0.2) is 55.3 Å². The van der Waals surface area contributed by atoms with Crippen molar-refractivity contribution >= 4 is 52.0 Å². The van der Waals surface area contributed by atoms with Gasteiger partial charge in [-0.25, -0.2) is 29.3 Å². The number of alkyl carbamates (subject to hydrolysis) is 1. The Labute approximate surface area is 214 Å². The third-order valence-corrected chi connectivity index (χ3v) is 6.58. The average molecular weight is 539 g/mol. The fourth-order valence-electron chi connectivity index (χ4n) is 2.67. The lowest BCUT2D eigenvalue weighted by Crippen LogP contribution is -2.47. The number of hydrogen-bond acceptors (Lipinski definition) is 11. The third-order valence-electron chi connectivity index (χ3n) is 3.98. The standard InChI is InChI=1S/C22H26N4O6S3/c1-21(2,3)31-19(29)11(26-20(30)32-22(4,5)6)7-15-23-12(8-33-15)16-24-13(9-34-16)17-25-14(10-35-17)18(27)28/h8-11H,7H2,1-6H3,(H,26,30)(H,27,28). The molecule has 0 spiro atoms. The van der Waals surface area contributed by atoms with E-state index in [1.807, 2.05) is 5.38 Å². The molecule has 10 nitrogen and oxygen atoms in total. The van der Waals surface area contributed by atoms with Crippen molar-refractivity contribution in [2.45, 2.75) is 65.2 Å². The van der Waals surface area contributed by atoms with Crippen LogP contribution in [-0.2, 0) is 20.7 Å². The van der Waals surface area contributed by atoms with Gasteiger partial charge in [0, 0.05) is 22.6 Å². The molecule has 1 amide bonds. The number of nitrogens with zero attached hydrogens (tertiary/aromatic N) is 3. The number of amides is 1. The fourth-order valence-corrected chi connectivity index (χ4v) is 5.16. The van der Waals surface area contributed by atoms with Crippen LogP contribution in [0.4, 0.5) is 4.79 Å². The molecule has 3 heterocycles. The number of carbonyl (C=O) groups excluding carboxylic acids is 2. The lowest BCUT2D eigenvalue weighted by Gasteiger charge is -2.25. The van der Waals surface area contributed by atoms with E-state index in [4.69, 9.17) is 14.6 Å². The largest absolute Gasteiger partial charge is 0.476 e. The van der Waals surface area contributed by atoms with Gasteiger partial charge in [-0.1, -0.05) is 0 Å².